The van der Waals surface area contributed by atoms with E-state index < -0.39 is 16.4 Å². The van der Waals surface area contributed by atoms with Crippen LogP contribution >= 0.6 is 0 Å². The Balaban J connectivity index is 2.39. The third-order valence-electron chi connectivity index (χ3n) is 3.73. The maximum absolute atomic E-state index is 11.6. The van der Waals surface area contributed by atoms with Crippen LogP contribution in [0.2, 0.25) is 0 Å². The number of aliphatic carboxylic acids is 1. The monoisotopic (exact) mass is 295 g/mol. The van der Waals surface area contributed by atoms with Crippen molar-refractivity contribution in [3.05, 3.63) is 22.2 Å². The number of anilines is 1. The molecule has 2 N–H and O–H groups in total. The summed E-state index contributed by atoms with van der Waals surface area (Å²) in [6.07, 6.45) is 3.31. The normalized spacial score (nSPS) is 17.0. The number of nitrogens with zero attached hydrogens (tertiary/aromatic N) is 2. The fraction of sp³-hybridized carbons (Fsp3) is 0.538. The van der Waals surface area contributed by atoms with Crippen molar-refractivity contribution in [3.8, 4) is 5.88 Å². The predicted molar refractivity (Wildman–Crippen MR) is 74.5 cm³/mol. The molecule has 1 aromatic rings. The average Bonchev–Trinajstić information content (AvgIpc) is 2.47. The minimum absolute atomic E-state index is 0.0661. The van der Waals surface area contributed by atoms with Gasteiger partial charge in [0.15, 0.2) is 0 Å². The van der Waals surface area contributed by atoms with E-state index in [1.54, 1.807) is 0 Å². The summed E-state index contributed by atoms with van der Waals surface area (Å²) in [7, 11) is 1.39. The number of ether oxygens (including phenoxy) is 1. The topological polar surface area (TPSA) is 115 Å². The van der Waals surface area contributed by atoms with Crippen LogP contribution in [0.25, 0.3) is 0 Å². The van der Waals surface area contributed by atoms with Gasteiger partial charge in [-0.15, -0.1) is 0 Å². The van der Waals surface area contributed by atoms with Gasteiger partial charge < -0.3 is 15.2 Å². The van der Waals surface area contributed by atoms with Crippen molar-refractivity contribution in [1.82, 2.24) is 4.98 Å². The molecule has 8 heteroatoms. The van der Waals surface area contributed by atoms with Crippen LogP contribution in [0.3, 0.4) is 0 Å². The van der Waals surface area contributed by atoms with E-state index in [1.165, 1.54) is 19.2 Å². The Morgan fingerprint density at radius 1 is 1.43 bits per heavy atom. The Morgan fingerprint density at radius 3 is 2.62 bits per heavy atom. The number of carboxylic acids is 1. The molecule has 0 bridgehead atoms. The van der Waals surface area contributed by atoms with Crippen molar-refractivity contribution < 1.29 is 19.6 Å². The fourth-order valence-electron chi connectivity index (χ4n) is 2.56. The molecule has 0 atom stereocenters. The number of hydrogen-bond acceptors (Lipinski definition) is 6. The molecule has 8 nitrogen and oxygen atoms in total. The molecular weight excluding hydrogens is 278 g/mol. The molecule has 1 aliphatic carbocycles. The number of methoxy groups -OCH3 is 1. The summed E-state index contributed by atoms with van der Waals surface area (Å²) in [5, 5.41) is 23.4. The minimum atomic E-state index is -1.21. The number of hydrogen-bond donors (Lipinski definition) is 2. The molecule has 0 aliphatic heterocycles. The van der Waals surface area contributed by atoms with Gasteiger partial charge >= 0.3 is 11.7 Å². The maximum atomic E-state index is 11.6. The third kappa shape index (κ3) is 3.04. The lowest BCUT2D eigenvalue weighted by atomic mass is 9.81. The molecule has 0 spiro atoms. The molecule has 1 fully saturated rings. The number of nitrogens with one attached hydrogen (secondary N) is 1. The van der Waals surface area contributed by atoms with Gasteiger partial charge in [0.25, 0.3) is 0 Å². The van der Waals surface area contributed by atoms with Crippen molar-refractivity contribution in [2.75, 3.05) is 12.4 Å². The summed E-state index contributed by atoms with van der Waals surface area (Å²) in [5.41, 5.74) is -1.47. The second-order valence-corrected chi connectivity index (χ2v) is 5.05. The molecule has 114 valence electrons. The van der Waals surface area contributed by atoms with Crippen LogP contribution in [-0.4, -0.2) is 33.6 Å². The number of nitro groups is 1. The van der Waals surface area contributed by atoms with E-state index in [1.807, 2.05) is 0 Å². The smallest absolute Gasteiger partial charge is 0.329 e. The first-order valence-corrected chi connectivity index (χ1v) is 6.69. The van der Waals surface area contributed by atoms with Gasteiger partial charge in [0.05, 0.1) is 12.0 Å². The second-order valence-electron chi connectivity index (χ2n) is 5.05. The van der Waals surface area contributed by atoms with Crippen molar-refractivity contribution in [2.24, 2.45) is 0 Å². The molecule has 1 heterocycles. The van der Waals surface area contributed by atoms with Gasteiger partial charge in [0, 0.05) is 12.1 Å². The molecule has 0 unspecified atom stereocenters. The highest BCUT2D eigenvalue weighted by atomic mass is 16.6. The summed E-state index contributed by atoms with van der Waals surface area (Å²) in [5.74, 6) is -0.885. The highest BCUT2D eigenvalue weighted by Gasteiger charge is 2.41. The van der Waals surface area contributed by atoms with Crippen LogP contribution in [-0.2, 0) is 4.79 Å². The van der Waals surface area contributed by atoms with Gasteiger partial charge in [0.2, 0.25) is 11.7 Å². The Hall–Kier alpha value is -2.38. The molecule has 0 aromatic carbocycles. The van der Waals surface area contributed by atoms with Crippen LogP contribution in [0.4, 0.5) is 11.5 Å². The molecule has 1 saturated carbocycles. The van der Waals surface area contributed by atoms with E-state index in [0.29, 0.717) is 12.8 Å². The van der Waals surface area contributed by atoms with Crippen LogP contribution in [0.15, 0.2) is 12.1 Å². The number of carboxylic acid groups (broad SMARTS) is 1. The van der Waals surface area contributed by atoms with Crippen LogP contribution in [0.5, 0.6) is 5.88 Å². The quantitative estimate of drug-likeness (QED) is 0.632. The van der Waals surface area contributed by atoms with Crippen LogP contribution in [0.1, 0.15) is 32.1 Å². The van der Waals surface area contributed by atoms with Gasteiger partial charge in [0.1, 0.15) is 5.54 Å². The zero-order chi connectivity index (χ0) is 15.5. The summed E-state index contributed by atoms with van der Waals surface area (Å²) in [6, 6.07) is 2.63. The van der Waals surface area contributed by atoms with E-state index >= 15 is 0 Å². The molecule has 0 amide bonds. The Labute approximate surface area is 121 Å². The van der Waals surface area contributed by atoms with Crippen LogP contribution < -0.4 is 10.1 Å². The molecule has 0 saturated heterocycles. The minimum Gasteiger partial charge on any atom is -0.481 e. The van der Waals surface area contributed by atoms with Crippen molar-refractivity contribution in [1.29, 1.82) is 0 Å². The lowest BCUT2D eigenvalue weighted by Gasteiger charge is -2.34. The van der Waals surface area contributed by atoms with Gasteiger partial charge in [-0.3, -0.25) is 10.1 Å². The predicted octanol–water partition coefficient (Wildman–Crippen LogP) is 2.20. The molecule has 0 radical (unpaired) electrons. The standard InChI is InChI=1S/C13H17N3O5/c1-21-10-6-5-9(16(19)20)11(14-10)15-13(12(17)18)7-3-2-4-8-13/h5-6H,2-4,7-8H2,1H3,(H,14,15)(H,17,18). The van der Waals surface area contributed by atoms with Gasteiger partial charge in [-0.2, -0.15) is 4.98 Å². The highest BCUT2D eigenvalue weighted by Crippen LogP contribution is 2.35. The lowest BCUT2D eigenvalue weighted by molar-refractivity contribution is -0.384. The SMILES string of the molecule is COc1ccc([N+](=O)[O-])c(NC2(C(=O)O)CCCCC2)n1. The fourth-order valence-corrected chi connectivity index (χ4v) is 2.56. The van der Waals surface area contributed by atoms with E-state index in [4.69, 9.17) is 4.74 Å². The first-order valence-electron chi connectivity index (χ1n) is 6.69. The Morgan fingerprint density at radius 2 is 2.10 bits per heavy atom. The van der Waals surface area contributed by atoms with Gasteiger partial charge in [-0.25, -0.2) is 4.79 Å². The Bertz CT molecular complexity index is 555. The summed E-state index contributed by atoms with van der Waals surface area (Å²) >= 11 is 0. The average molecular weight is 295 g/mol. The van der Waals surface area contributed by atoms with Crippen LogP contribution in [0, 0.1) is 10.1 Å². The van der Waals surface area contributed by atoms with E-state index in [9.17, 15) is 20.0 Å². The third-order valence-corrected chi connectivity index (χ3v) is 3.73. The molecule has 1 aliphatic rings. The first-order chi connectivity index (χ1) is 9.98. The highest BCUT2D eigenvalue weighted by molar-refractivity contribution is 5.83. The molecule has 1 aromatic heterocycles. The van der Waals surface area contributed by atoms with Crippen molar-refractivity contribution >= 4 is 17.5 Å². The lowest BCUT2D eigenvalue weighted by Crippen LogP contribution is -2.48. The molecular formula is C13H17N3O5. The van der Waals surface area contributed by atoms with E-state index in [0.717, 1.165) is 19.3 Å². The number of aromatic nitrogens is 1. The Kier molecular flexibility index (Phi) is 4.25. The van der Waals surface area contributed by atoms with E-state index in [-0.39, 0.29) is 17.4 Å². The van der Waals surface area contributed by atoms with Crippen molar-refractivity contribution in [2.45, 2.75) is 37.6 Å². The summed E-state index contributed by atoms with van der Waals surface area (Å²) in [6.45, 7) is 0. The van der Waals surface area contributed by atoms with Crippen molar-refractivity contribution in [3.63, 3.8) is 0 Å². The largest absolute Gasteiger partial charge is 0.481 e. The van der Waals surface area contributed by atoms with E-state index in [2.05, 4.69) is 10.3 Å². The summed E-state index contributed by atoms with van der Waals surface area (Å²) < 4.78 is 4.95. The first kappa shape index (κ1) is 15.0. The zero-order valence-corrected chi connectivity index (χ0v) is 11.7. The summed E-state index contributed by atoms with van der Waals surface area (Å²) in [4.78, 5) is 26.1. The zero-order valence-electron chi connectivity index (χ0n) is 11.7. The number of carbonyl (C=O) groups is 1. The number of rotatable bonds is 5. The number of pyridine rings is 1. The molecule has 2 rings (SSSR count). The second kappa shape index (κ2) is 5.94. The van der Waals surface area contributed by atoms with Gasteiger partial charge in [-0.1, -0.05) is 19.3 Å². The maximum Gasteiger partial charge on any atom is 0.329 e. The molecule has 21 heavy (non-hydrogen) atoms. The van der Waals surface area contributed by atoms with Gasteiger partial charge in [-0.05, 0) is 12.8 Å².